The number of hydrogen-bond donors (Lipinski definition) is 1. The molecule has 1 unspecified atom stereocenters. The van der Waals surface area contributed by atoms with Crippen LogP contribution in [-0.4, -0.2) is 4.98 Å². The minimum atomic E-state index is -0.412. The van der Waals surface area contributed by atoms with Crippen LogP contribution in [0.15, 0.2) is 29.1 Å². The summed E-state index contributed by atoms with van der Waals surface area (Å²) in [5, 5.41) is 2.03. The second kappa shape index (κ2) is 4.91. The van der Waals surface area contributed by atoms with Crippen molar-refractivity contribution in [3.63, 3.8) is 0 Å². The van der Waals surface area contributed by atoms with E-state index >= 15 is 0 Å². The van der Waals surface area contributed by atoms with Crippen LogP contribution in [0.1, 0.15) is 17.3 Å². The molecule has 1 aromatic heterocycles. The first-order valence-electron chi connectivity index (χ1n) is 4.75. The van der Waals surface area contributed by atoms with Crippen molar-refractivity contribution in [3.8, 4) is 0 Å². The second-order valence-electron chi connectivity index (χ2n) is 3.44. The van der Waals surface area contributed by atoms with E-state index in [4.69, 9.17) is 17.3 Å². The average molecular weight is 257 g/mol. The summed E-state index contributed by atoms with van der Waals surface area (Å²) >= 11 is 7.34. The van der Waals surface area contributed by atoms with Crippen molar-refractivity contribution in [2.75, 3.05) is 0 Å². The molecule has 0 amide bonds. The number of hydrogen-bond acceptors (Lipinski definition) is 3. The Hall–Kier alpha value is -0.970. The van der Waals surface area contributed by atoms with Crippen LogP contribution in [0, 0.1) is 5.82 Å². The number of rotatable bonds is 3. The third-order valence-corrected chi connectivity index (χ3v) is 3.33. The Kier molecular flexibility index (Phi) is 3.53. The first-order valence-corrected chi connectivity index (χ1v) is 6.07. The molecule has 0 bridgehead atoms. The molecule has 0 aliphatic rings. The molecule has 2 N–H and O–H groups in total. The second-order valence-corrected chi connectivity index (χ2v) is 4.53. The van der Waals surface area contributed by atoms with Crippen molar-refractivity contribution >= 4 is 22.9 Å². The molecule has 1 heterocycles. The van der Waals surface area contributed by atoms with Gasteiger partial charge < -0.3 is 5.73 Å². The summed E-state index contributed by atoms with van der Waals surface area (Å²) in [5.41, 5.74) is 9.20. The fourth-order valence-electron chi connectivity index (χ4n) is 1.45. The van der Waals surface area contributed by atoms with Crippen molar-refractivity contribution < 1.29 is 4.39 Å². The maximum absolute atomic E-state index is 13.2. The Balaban J connectivity index is 2.18. The quantitative estimate of drug-likeness (QED) is 0.916. The van der Waals surface area contributed by atoms with E-state index in [9.17, 15) is 4.39 Å². The van der Waals surface area contributed by atoms with Gasteiger partial charge in [0.2, 0.25) is 0 Å². The van der Waals surface area contributed by atoms with Crippen LogP contribution < -0.4 is 5.73 Å². The van der Waals surface area contributed by atoms with Crippen LogP contribution in [0.4, 0.5) is 4.39 Å². The van der Waals surface area contributed by atoms with E-state index in [2.05, 4.69) is 4.98 Å². The number of halogens is 2. The number of nitrogens with zero attached hydrogens (tertiary/aromatic N) is 1. The van der Waals surface area contributed by atoms with Crippen molar-refractivity contribution in [2.45, 2.75) is 12.5 Å². The summed E-state index contributed by atoms with van der Waals surface area (Å²) in [6.07, 6.45) is 0.486. The molecule has 0 spiro atoms. The van der Waals surface area contributed by atoms with E-state index in [1.807, 2.05) is 5.38 Å². The first-order chi connectivity index (χ1) is 7.68. The standard InChI is InChI=1S/C11H10ClFN2S/c12-11-7(2-1-3-8(11)13)4-9(14)10-5-16-6-15-10/h1-3,5-6,9H,4,14H2. The van der Waals surface area contributed by atoms with Gasteiger partial charge in [0.15, 0.2) is 0 Å². The monoisotopic (exact) mass is 256 g/mol. The molecule has 2 rings (SSSR count). The van der Waals surface area contributed by atoms with Crippen LogP contribution in [0.5, 0.6) is 0 Å². The molecular weight excluding hydrogens is 247 g/mol. The molecule has 1 aromatic carbocycles. The fraction of sp³-hybridized carbons (Fsp3) is 0.182. The number of benzene rings is 1. The largest absolute Gasteiger partial charge is 0.322 e. The van der Waals surface area contributed by atoms with E-state index in [0.29, 0.717) is 12.0 Å². The topological polar surface area (TPSA) is 38.9 Å². The molecule has 0 fully saturated rings. The lowest BCUT2D eigenvalue weighted by molar-refractivity contribution is 0.621. The van der Waals surface area contributed by atoms with E-state index in [1.165, 1.54) is 17.4 Å². The summed E-state index contributed by atoms with van der Waals surface area (Å²) in [4.78, 5) is 4.12. The Bertz CT molecular complexity index is 473. The minimum Gasteiger partial charge on any atom is -0.322 e. The molecule has 0 saturated carbocycles. The minimum absolute atomic E-state index is 0.146. The zero-order valence-corrected chi connectivity index (χ0v) is 9.93. The van der Waals surface area contributed by atoms with Crippen LogP contribution >= 0.6 is 22.9 Å². The van der Waals surface area contributed by atoms with Crippen LogP contribution in [0.25, 0.3) is 0 Å². The van der Waals surface area contributed by atoms with Gasteiger partial charge in [-0.2, -0.15) is 0 Å². The van der Waals surface area contributed by atoms with Crippen molar-refractivity contribution in [2.24, 2.45) is 5.73 Å². The van der Waals surface area contributed by atoms with Crippen molar-refractivity contribution in [1.82, 2.24) is 4.98 Å². The third kappa shape index (κ3) is 2.40. The summed E-state index contributed by atoms with van der Waals surface area (Å²) in [7, 11) is 0. The van der Waals surface area contributed by atoms with Crippen LogP contribution in [0.2, 0.25) is 5.02 Å². The highest BCUT2D eigenvalue weighted by atomic mass is 35.5. The van der Waals surface area contributed by atoms with Gasteiger partial charge in [-0.3, -0.25) is 0 Å². The molecule has 0 saturated heterocycles. The molecule has 2 nitrogen and oxygen atoms in total. The van der Waals surface area contributed by atoms with Gasteiger partial charge in [-0.25, -0.2) is 9.37 Å². The predicted molar refractivity (Wildman–Crippen MR) is 64.2 cm³/mol. The lowest BCUT2D eigenvalue weighted by Gasteiger charge is -2.10. The highest BCUT2D eigenvalue weighted by molar-refractivity contribution is 7.07. The summed E-state index contributed by atoms with van der Waals surface area (Å²) in [6.45, 7) is 0. The fourth-order valence-corrected chi connectivity index (χ4v) is 2.27. The Morgan fingerprint density at radius 2 is 2.31 bits per heavy atom. The number of aromatic nitrogens is 1. The highest BCUT2D eigenvalue weighted by Crippen LogP contribution is 2.24. The summed E-state index contributed by atoms with van der Waals surface area (Å²) in [6, 6.07) is 4.49. The van der Waals surface area contributed by atoms with Gasteiger partial charge in [0.25, 0.3) is 0 Å². The Morgan fingerprint density at radius 3 is 3.00 bits per heavy atom. The maximum Gasteiger partial charge on any atom is 0.142 e. The molecule has 0 aliphatic carbocycles. The first kappa shape index (κ1) is 11.5. The van der Waals surface area contributed by atoms with Gasteiger partial charge in [-0.1, -0.05) is 23.7 Å². The predicted octanol–water partition coefficient (Wildman–Crippen LogP) is 3.18. The third-order valence-electron chi connectivity index (χ3n) is 2.30. The van der Waals surface area contributed by atoms with Gasteiger partial charge in [-0.05, 0) is 18.1 Å². The molecule has 2 aromatic rings. The van der Waals surface area contributed by atoms with Crippen LogP contribution in [-0.2, 0) is 6.42 Å². The SMILES string of the molecule is NC(Cc1cccc(F)c1Cl)c1cscn1. The summed E-state index contributed by atoms with van der Waals surface area (Å²) < 4.78 is 13.2. The van der Waals surface area contributed by atoms with Gasteiger partial charge in [0.05, 0.1) is 22.3 Å². The van der Waals surface area contributed by atoms with E-state index < -0.39 is 5.82 Å². The van der Waals surface area contributed by atoms with Crippen LogP contribution in [0.3, 0.4) is 0 Å². The lowest BCUT2D eigenvalue weighted by atomic mass is 10.0. The van der Waals surface area contributed by atoms with Crippen molar-refractivity contribution in [3.05, 3.63) is 51.2 Å². The molecule has 84 valence electrons. The highest BCUT2D eigenvalue weighted by Gasteiger charge is 2.12. The average Bonchev–Trinajstić information content (AvgIpc) is 2.78. The number of nitrogens with two attached hydrogens (primary N) is 1. The molecule has 1 atom stereocenters. The Labute approximate surface area is 102 Å². The van der Waals surface area contributed by atoms with Gasteiger partial charge in [-0.15, -0.1) is 11.3 Å². The molecule has 0 radical (unpaired) electrons. The molecule has 5 heteroatoms. The normalized spacial score (nSPS) is 12.7. The van der Waals surface area contributed by atoms with Gasteiger partial charge in [0.1, 0.15) is 5.82 Å². The van der Waals surface area contributed by atoms with Gasteiger partial charge in [0, 0.05) is 5.38 Å². The smallest absolute Gasteiger partial charge is 0.142 e. The molecule has 0 aliphatic heterocycles. The van der Waals surface area contributed by atoms with Gasteiger partial charge >= 0.3 is 0 Å². The molecule has 16 heavy (non-hydrogen) atoms. The van der Waals surface area contributed by atoms with E-state index in [-0.39, 0.29) is 11.1 Å². The van der Waals surface area contributed by atoms with E-state index in [0.717, 1.165) is 5.69 Å². The maximum atomic E-state index is 13.2. The molecular formula is C11H10ClFN2S. The number of thiazole rings is 1. The Morgan fingerprint density at radius 1 is 1.50 bits per heavy atom. The van der Waals surface area contributed by atoms with Crippen molar-refractivity contribution in [1.29, 1.82) is 0 Å². The zero-order chi connectivity index (χ0) is 11.5. The van der Waals surface area contributed by atoms with E-state index in [1.54, 1.807) is 17.6 Å². The summed E-state index contributed by atoms with van der Waals surface area (Å²) in [5.74, 6) is -0.412. The zero-order valence-electron chi connectivity index (χ0n) is 8.36. The lowest BCUT2D eigenvalue weighted by Crippen LogP contribution is -2.14.